The van der Waals surface area contributed by atoms with Crippen LogP contribution in [-0.4, -0.2) is 72.5 Å². The molecule has 12 N–H and O–H groups in total. The van der Waals surface area contributed by atoms with Gasteiger partial charge < -0.3 is 44.0 Å². The van der Waals surface area contributed by atoms with Crippen molar-refractivity contribution in [1.82, 2.24) is 16.0 Å². The fourth-order valence-corrected chi connectivity index (χ4v) is 3.89. The summed E-state index contributed by atoms with van der Waals surface area (Å²) in [5.41, 5.74) is 22.9. The first-order valence-electron chi connectivity index (χ1n) is 12.7. The average molecular weight is 543 g/mol. The van der Waals surface area contributed by atoms with Gasteiger partial charge in [0.25, 0.3) is 0 Å². The van der Waals surface area contributed by atoms with Crippen molar-refractivity contribution in [2.24, 2.45) is 27.9 Å². The van der Waals surface area contributed by atoms with E-state index in [2.05, 4.69) is 20.9 Å². The monoisotopic (exact) mass is 542 g/mol. The normalized spacial score (nSPS) is 13.1. The first kappa shape index (κ1) is 31.0. The number of benzene rings is 2. The van der Waals surface area contributed by atoms with Gasteiger partial charge in [0.15, 0.2) is 5.96 Å². The fraction of sp³-hybridized carbons (Fsp3) is 0.423. The molecular formula is C26H38N8O5. The number of aliphatic carboxylic acids is 1. The van der Waals surface area contributed by atoms with Gasteiger partial charge in [-0.15, -0.1) is 0 Å². The predicted octanol–water partition coefficient (Wildman–Crippen LogP) is -1.33. The highest BCUT2D eigenvalue weighted by Crippen LogP contribution is 2.17. The fourth-order valence-electron chi connectivity index (χ4n) is 3.89. The number of nitrogens with zero attached hydrogens (tertiary/aromatic N) is 1. The van der Waals surface area contributed by atoms with E-state index < -0.39 is 48.4 Å². The molecule has 0 aliphatic rings. The molecule has 0 aromatic heterocycles. The maximum atomic E-state index is 13.3. The molecule has 2 rings (SSSR count). The number of carboxylic acids is 1. The number of carbonyl (C=O) groups is 4. The third-order valence-electron chi connectivity index (χ3n) is 5.93. The Morgan fingerprint density at radius 3 is 2.23 bits per heavy atom. The molecule has 0 fully saturated rings. The van der Waals surface area contributed by atoms with Crippen molar-refractivity contribution in [2.75, 3.05) is 19.6 Å². The van der Waals surface area contributed by atoms with E-state index in [1.54, 1.807) is 0 Å². The molecule has 13 nitrogen and oxygen atoms in total. The van der Waals surface area contributed by atoms with E-state index in [1.807, 2.05) is 42.5 Å². The SMILES string of the molecule is NCCC[C@H](N)C(=O)N[C@@H](CCCN=C(N)N)C(=O)N[C@@H](Cc1ccc2ccccc2c1)C(=O)NCC(=O)O. The zero-order valence-corrected chi connectivity index (χ0v) is 21.8. The molecule has 2 aromatic rings. The highest BCUT2D eigenvalue weighted by atomic mass is 16.4. The lowest BCUT2D eigenvalue weighted by molar-refractivity contribution is -0.138. The average Bonchev–Trinajstić information content (AvgIpc) is 2.91. The summed E-state index contributed by atoms with van der Waals surface area (Å²) in [5, 5.41) is 18.6. The molecule has 13 heteroatoms. The number of amides is 3. The number of fused-ring (bicyclic) bond motifs is 1. The Bertz CT molecular complexity index is 1170. The first-order chi connectivity index (χ1) is 18.6. The molecule has 212 valence electrons. The van der Waals surface area contributed by atoms with Gasteiger partial charge in [-0.05, 0) is 48.6 Å². The summed E-state index contributed by atoms with van der Waals surface area (Å²) in [6.07, 6.45) is 1.49. The van der Waals surface area contributed by atoms with Crippen LogP contribution >= 0.6 is 0 Å². The molecule has 0 saturated heterocycles. The van der Waals surface area contributed by atoms with Crippen LogP contribution in [0.15, 0.2) is 47.5 Å². The second kappa shape index (κ2) is 15.9. The van der Waals surface area contributed by atoms with Crippen molar-refractivity contribution < 1.29 is 24.3 Å². The van der Waals surface area contributed by atoms with Crippen molar-refractivity contribution in [3.8, 4) is 0 Å². The van der Waals surface area contributed by atoms with Crippen LogP contribution in [-0.2, 0) is 25.6 Å². The van der Waals surface area contributed by atoms with Crippen molar-refractivity contribution in [1.29, 1.82) is 0 Å². The third-order valence-corrected chi connectivity index (χ3v) is 5.93. The Kier molecular flexibility index (Phi) is 12.6. The van der Waals surface area contributed by atoms with E-state index in [0.717, 1.165) is 16.3 Å². The van der Waals surface area contributed by atoms with Gasteiger partial charge in [0.1, 0.15) is 18.6 Å². The molecule has 0 saturated carbocycles. The highest BCUT2D eigenvalue weighted by molar-refractivity contribution is 5.94. The predicted molar refractivity (Wildman–Crippen MR) is 148 cm³/mol. The van der Waals surface area contributed by atoms with Crippen LogP contribution in [0.1, 0.15) is 31.2 Å². The maximum Gasteiger partial charge on any atom is 0.322 e. The summed E-state index contributed by atoms with van der Waals surface area (Å²) in [6.45, 7) is -0.0241. The van der Waals surface area contributed by atoms with E-state index in [9.17, 15) is 19.2 Å². The zero-order chi connectivity index (χ0) is 28.8. The van der Waals surface area contributed by atoms with Gasteiger partial charge in [0.05, 0.1) is 6.04 Å². The Labute approximate surface area is 226 Å². The van der Waals surface area contributed by atoms with Crippen molar-refractivity contribution >= 4 is 40.4 Å². The number of carboxylic acid groups (broad SMARTS) is 1. The number of hydrogen-bond acceptors (Lipinski definition) is 7. The quantitative estimate of drug-likeness (QED) is 0.0711. The van der Waals surface area contributed by atoms with Crippen molar-refractivity contribution in [2.45, 2.75) is 50.2 Å². The Balaban J connectivity index is 2.23. The molecule has 0 bridgehead atoms. The van der Waals surface area contributed by atoms with E-state index in [1.165, 1.54) is 0 Å². The van der Waals surface area contributed by atoms with Gasteiger partial charge in [-0.25, -0.2) is 0 Å². The largest absolute Gasteiger partial charge is 0.480 e. The van der Waals surface area contributed by atoms with Crippen LogP contribution in [0.5, 0.6) is 0 Å². The number of aliphatic imine (C=N–C) groups is 1. The van der Waals surface area contributed by atoms with Crippen LogP contribution in [0, 0.1) is 0 Å². The smallest absolute Gasteiger partial charge is 0.322 e. The number of nitrogens with one attached hydrogen (secondary N) is 3. The summed E-state index contributed by atoms with van der Waals surface area (Å²) in [6, 6.07) is 10.3. The molecule has 39 heavy (non-hydrogen) atoms. The minimum atomic E-state index is -1.23. The number of nitrogens with two attached hydrogens (primary N) is 4. The lowest BCUT2D eigenvalue weighted by Crippen LogP contribution is -2.56. The van der Waals surface area contributed by atoms with Crippen LogP contribution in [0.4, 0.5) is 0 Å². The van der Waals surface area contributed by atoms with Crippen molar-refractivity contribution in [3.05, 3.63) is 48.0 Å². The molecule has 0 unspecified atom stereocenters. The van der Waals surface area contributed by atoms with Crippen LogP contribution in [0.25, 0.3) is 10.8 Å². The van der Waals surface area contributed by atoms with Gasteiger partial charge in [0, 0.05) is 13.0 Å². The van der Waals surface area contributed by atoms with E-state index in [4.69, 9.17) is 28.0 Å². The van der Waals surface area contributed by atoms with E-state index >= 15 is 0 Å². The molecule has 0 heterocycles. The molecule has 0 aliphatic carbocycles. The van der Waals surface area contributed by atoms with Gasteiger partial charge in [-0.2, -0.15) is 0 Å². The van der Waals surface area contributed by atoms with Gasteiger partial charge >= 0.3 is 5.97 Å². The van der Waals surface area contributed by atoms with E-state index in [0.29, 0.717) is 25.8 Å². The second-order valence-corrected chi connectivity index (χ2v) is 9.11. The Morgan fingerprint density at radius 1 is 0.872 bits per heavy atom. The molecule has 0 spiro atoms. The minimum absolute atomic E-state index is 0.0900. The van der Waals surface area contributed by atoms with Crippen LogP contribution < -0.4 is 38.9 Å². The summed E-state index contributed by atoms with van der Waals surface area (Å²) in [7, 11) is 0. The number of guanidine groups is 1. The molecule has 0 aliphatic heterocycles. The molecule has 3 atom stereocenters. The Morgan fingerprint density at radius 2 is 1.56 bits per heavy atom. The molecular weight excluding hydrogens is 504 g/mol. The number of carbonyl (C=O) groups excluding carboxylic acids is 3. The molecule has 3 amide bonds. The highest BCUT2D eigenvalue weighted by Gasteiger charge is 2.28. The van der Waals surface area contributed by atoms with Gasteiger partial charge in [0.2, 0.25) is 17.7 Å². The lowest BCUT2D eigenvalue weighted by Gasteiger charge is -2.24. The first-order valence-corrected chi connectivity index (χ1v) is 12.7. The van der Waals surface area contributed by atoms with Crippen LogP contribution in [0.2, 0.25) is 0 Å². The van der Waals surface area contributed by atoms with Crippen LogP contribution in [0.3, 0.4) is 0 Å². The standard InChI is InChI=1S/C26H38N8O5/c27-11-3-7-19(28)23(37)33-20(8-4-12-31-26(29)30)25(39)34-21(24(38)32-15-22(35)36)14-16-9-10-17-5-1-2-6-18(17)13-16/h1-2,5-6,9-10,13,19-21H,3-4,7-8,11-12,14-15,27-28H2,(H,32,38)(H,33,37)(H,34,39)(H,35,36)(H4,29,30,31)/t19-,20-,21-/m0/s1. The third kappa shape index (κ3) is 11.0. The van der Waals surface area contributed by atoms with Gasteiger partial charge in [-0.1, -0.05) is 42.5 Å². The molecule has 2 aromatic carbocycles. The summed E-state index contributed by atoms with van der Waals surface area (Å²) < 4.78 is 0. The number of rotatable bonds is 16. The minimum Gasteiger partial charge on any atom is -0.480 e. The maximum absolute atomic E-state index is 13.3. The second-order valence-electron chi connectivity index (χ2n) is 9.11. The van der Waals surface area contributed by atoms with Gasteiger partial charge in [-0.3, -0.25) is 24.2 Å². The summed E-state index contributed by atoms with van der Waals surface area (Å²) >= 11 is 0. The van der Waals surface area contributed by atoms with Crippen molar-refractivity contribution in [3.63, 3.8) is 0 Å². The van der Waals surface area contributed by atoms with E-state index in [-0.39, 0.29) is 25.3 Å². The molecule has 0 radical (unpaired) electrons. The summed E-state index contributed by atoms with van der Waals surface area (Å²) in [5.74, 6) is -3.17. The zero-order valence-electron chi connectivity index (χ0n) is 21.8. The lowest BCUT2D eigenvalue weighted by atomic mass is 10.0. The number of hydrogen-bond donors (Lipinski definition) is 8. The Hall–Kier alpha value is -4.23. The topological polar surface area (TPSA) is 241 Å². The summed E-state index contributed by atoms with van der Waals surface area (Å²) in [4.78, 5) is 53.8.